The molecule has 0 fully saturated rings. The van der Waals surface area contributed by atoms with E-state index < -0.39 is 11.1 Å². The average molecular weight is 284 g/mol. The van der Waals surface area contributed by atoms with Gasteiger partial charge in [0, 0.05) is 10.3 Å². The molecule has 3 rings (SSSR count). The van der Waals surface area contributed by atoms with Gasteiger partial charge in [0.05, 0.1) is 11.7 Å². The maximum Gasteiger partial charge on any atom is 0.146 e. The Balaban J connectivity index is 1.87. The van der Waals surface area contributed by atoms with Crippen LogP contribution in [-0.4, -0.2) is 13.7 Å². The summed E-state index contributed by atoms with van der Waals surface area (Å²) >= 11 is -2.22. The summed E-state index contributed by atoms with van der Waals surface area (Å²) in [6.07, 6.45) is 1.64. The Morgan fingerprint density at radius 1 is 1.00 bits per heavy atom. The quantitative estimate of drug-likeness (QED) is 0.692. The van der Waals surface area contributed by atoms with Crippen molar-refractivity contribution in [3.8, 4) is 11.5 Å². The highest BCUT2D eigenvalue weighted by Gasteiger charge is 2.01. The van der Waals surface area contributed by atoms with Gasteiger partial charge in [-0.3, -0.25) is 9.19 Å². The molecular weight excluding hydrogens is 274 g/mol. The largest absolute Gasteiger partial charge is 0.768 e. The van der Waals surface area contributed by atoms with E-state index >= 15 is 0 Å². The predicted molar refractivity (Wildman–Crippen MR) is 75.4 cm³/mol. The smallest absolute Gasteiger partial charge is 0.146 e. The second kappa shape index (κ2) is 5.40. The van der Waals surface area contributed by atoms with Crippen LogP contribution in [0.5, 0.6) is 11.5 Å². The van der Waals surface area contributed by atoms with Gasteiger partial charge in [-0.2, -0.15) is 0 Å². The number of ether oxygens (including phenoxy) is 1. The molecule has 0 aliphatic rings. The van der Waals surface area contributed by atoms with Gasteiger partial charge < -0.3 is 9.29 Å². The van der Waals surface area contributed by atoms with E-state index in [1.165, 1.54) is 12.1 Å². The van der Waals surface area contributed by atoms with Gasteiger partial charge in [0.25, 0.3) is 0 Å². The van der Waals surface area contributed by atoms with Crippen molar-refractivity contribution in [2.75, 3.05) is 0 Å². The Labute approximate surface area is 118 Å². The van der Waals surface area contributed by atoms with Gasteiger partial charge in [-0.15, -0.1) is 0 Å². The lowest BCUT2D eigenvalue weighted by molar-refractivity contribution is 0.480. The van der Waals surface area contributed by atoms with Crippen molar-refractivity contribution in [2.24, 2.45) is 0 Å². The Kier molecular flexibility index (Phi) is 3.45. The number of para-hydroxylation sites is 1. The molecule has 0 amide bonds. The molecule has 3 aromatic rings. The van der Waals surface area contributed by atoms with Crippen molar-refractivity contribution in [2.45, 2.75) is 4.90 Å². The molecular formula is C15H10NO3S-. The van der Waals surface area contributed by atoms with Crippen LogP contribution in [0, 0.1) is 0 Å². The molecule has 0 radical (unpaired) electrons. The monoisotopic (exact) mass is 284 g/mol. The second-order valence-corrected chi connectivity index (χ2v) is 5.11. The maximum atomic E-state index is 10.8. The molecule has 20 heavy (non-hydrogen) atoms. The fourth-order valence-electron chi connectivity index (χ4n) is 1.86. The lowest BCUT2D eigenvalue weighted by Gasteiger charge is -2.08. The number of nitrogens with zero attached hydrogens (tertiary/aromatic N) is 1. The number of benzene rings is 2. The molecule has 4 nitrogen and oxygen atoms in total. The molecule has 1 heterocycles. The maximum absolute atomic E-state index is 10.8. The van der Waals surface area contributed by atoms with Crippen LogP contribution in [0.1, 0.15) is 0 Å². The second-order valence-electron chi connectivity index (χ2n) is 4.17. The van der Waals surface area contributed by atoms with Crippen molar-refractivity contribution < 1.29 is 13.5 Å². The van der Waals surface area contributed by atoms with E-state index in [9.17, 15) is 8.76 Å². The topological polar surface area (TPSA) is 62.2 Å². The van der Waals surface area contributed by atoms with Gasteiger partial charge in [-0.05, 0) is 47.5 Å². The molecule has 0 saturated carbocycles. The first-order valence-electron chi connectivity index (χ1n) is 5.94. The van der Waals surface area contributed by atoms with Crippen molar-refractivity contribution in [1.29, 1.82) is 0 Å². The standard InChI is InChI=1S/C15H11NO3S/c17-20(18)14-7-5-12(6-8-14)19-13-9-11-3-1-2-4-15(11)16-10-13/h1-10H,(H,17,18)/p-1. The summed E-state index contributed by atoms with van der Waals surface area (Å²) in [6, 6.07) is 15.8. The zero-order valence-electron chi connectivity index (χ0n) is 10.4. The molecule has 0 N–H and O–H groups in total. The van der Waals surface area contributed by atoms with E-state index in [1.54, 1.807) is 18.3 Å². The third kappa shape index (κ3) is 2.68. The highest BCUT2D eigenvalue weighted by molar-refractivity contribution is 7.79. The number of hydrogen-bond donors (Lipinski definition) is 0. The Morgan fingerprint density at radius 3 is 2.50 bits per heavy atom. The lowest BCUT2D eigenvalue weighted by Crippen LogP contribution is -1.90. The molecule has 1 atom stereocenters. The summed E-state index contributed by atoms with van der Waals surface area (Å²) in [5.74, 6) is 1.18. The molecule has 5 heteroatoms. The number of rotatable bonds is 3. The molecule has 0 aliphatic carbocycles. The minimum atomic E-state index is -2.22. The van der Waals surface area contributed by atoms with Gasteiger partial charge in [-0.1, -0.05) is 18.2 Å². The number of fused-ring (bicyclic) bond motifs is 1. The van der Waals surface area contributed by atoms with Gasteiger partial charge in [0.15, 0.2) is 0 Å². The molecule has 0 bridgehead atoms. The van der Waals surface area contributed by atoms with Crippen LogP contribution in [0.25, 0.3) is 10.9 Å². The summed E-state index contributed by atoms with van der Waals surface area (Å²) in [7, 11) is 0. The SMILES string of the molecule is O=S([O-])c1ccc(Oc2cnc3ccccc3c2)cc1. The van der Waals surface area contributed by atoms with E-state index in [-0.39, 0.29) is 4.90 Å². The third-order valence-electron chi connectivity index (χ3n) is 2.82. The zero-order valence-corrected chi connectivity index (χ0v) is 11.2. The van der Waals surface area contributed by atoms with Crippen LogP contribution < -0.4 is 4.74 Å². The number of pyridine rings is 1. The first kappa shape index (κ1) is 12.8. The summed E-state index contributed by atoms with van der Waals surface area (Å²) in [6.45, 7) is 0. The molecule has 0 spiro atoms. The van der Waals surface area contributed by atoms with Crippen molar-refractivity contribution in [3.05, 3.63) is 60.8 Å². The van der Waals surface area contributed by atoms with E-state index in [4.69, 9.17) is 4.74 Å². The average Bonchev–Trinajstić information content (AvgIpc) is 2.48. The molecule has 1 unspecified atom stereocenters. The fraction of sp³-hybridized carbons (Fsp3) is 0. The van der Waals surface area contributed by atoms with E-state index in [0.717, 1.165) is 10.9 Å². The van der Waals surface area contributed by atoms with Gasteiger partial charge in [0.1, 0.15) is 11.5 Å². The third-order valence-corrected chi connectivity index (χ3v) is 3.47. The first-order chi connectivity index (χ1) is 9.72. The Bertz CT molecular complexity index is 771. The van der Waals surface area contributed by atoms with Crippen LogP contribution in [0.4, 0.5) is 0 Å². The molecule has 0 aliphatic heterocycles. The summed E-state index contributed by atoms with van der Waals surface area (Å²) in [5, 5.41) is 0.988. The highest BCUT2D eigenvalue weighted by Crippen LogP contribution is 2.24. The van der Waals surface area contributed by atoms with E-state index in [2.05, 4.69) is 4.98 Å². The Morgan fingerprint density at radius 2 is 1.75 bits per heavy atom. The Hall–Kier alpha value is -2.24. The van der Waals surface area contributed by atoms with Crippen LogP contribution in [0.3, 0.4) is 0 Å². The van der Waals surface area contributed by atoms with Gasteiger partial charge >= 0.3 is 0 Å². The summed E-state index contributed by atoms with van der Waals surface area (Å²) in [5.41, 5.74) is 0.900. The van der Waals surface area contributed by atoms with Gasteiger partial charge in [0.2, 0.25) is 0 Å². The normalized spacial score (nSPS) is 12.2. The lowest BCUT2D eigenvalue weighted by atomic mass is 10.2. The fourth-order valence-corrected chi connectivity index (χ4v) is 2.22. The van der Waals surface area contributed by atoms with Crippen LogP contribution in [0.2, 0.25) is 0 Å². The molecule has 100 valence electrons. The molecule has 0 saturated heterocycles. The number of aromatic nitrogens is 1. The summed E-state index contributed by atoms with van der Waals surface area (Å²) in [4.78, 5) is 4.53. The molecule has 2 aromatic carbocycles. The minimum Gasteiger partial charge on any atom is -0.768 e. The predicted octanol–water partition coefficient (Wildman–Crippen LogP) is 3.27. The minimum absolute atomic E-state index is 0.231. The van der Waals surface area contributed by atoms with Crippen LogP contribution >= 0.6 is 0 Å². The van der Waals surface area contributed by atoms with Crippen LogP contribution in [0.15, 0.2) is 65.7 Å². The first-order valence-corrected chi connectivity index (χ1v) is 7.02. The van der Waals surface area contributed by atoms with Crippen molar-refractivity contribution in [3.63, 3.8) is 0 Å². The number of hydrogen-bond acceptors (Lipinski definition) is 4. The van der Waals surface area contributed by atoms with Gasteiger partial charge in [-0.25, -0.2) is 0 Å². The van der Waals surface area contributed by atoms with Crippen molar-refractivity contribution in [1.82, 2.24) is 4.98 Å². The highest BCUT2D eigenvalue weighted by atomic mass is 32.2. The summed E-state index contributed by atoms with van der Waals surface area (Å²) < 4.78 is 27.2. The zero-order chi connectivity index (χ0) is 13.9. The van der Waals surface area contributed by atoms with Crippen LogP contribution in [-0.2, 0) is 11.1 Å². The van der Waals surface area contributed by atoms with Crippen molar-refractivity contribution >= 4 is 22.0 Å². The van der Waals surface area contributed by atoms with E-state index in [1.807, 2.05) is 30.3 Å². The molecule has 1 aromatic heterocycles. The van der Waals surface area contributed by atoms with E-state index in [0.29, 0.717) is 11.5 Å².